The van der Waals surface area contributed by atoms with Crippen LogP contribution in [0.1, 0.15) is 29.3 Å². The number of hydrogen-bond acceptors (Lipinski definition) is 3. The van der Waals surface area contributed by atoms with Crippen molar-refractivity contribution in [2.45, 2.75) is 25.2 Å². The van der Waals surface area contributed by atoms with Crippen molar-refractivity contribution in [1.82, 2.24) is 5.32 Å². The highest BCUT2D eigenvalue weighted by Crippen LogP contribution is 2.11. The first-order valence-corrected chi connectivity index (χ1v) is 7.11. The first-order chi connectivity index (χ1) is 8.17. The van der Waals surface area contributed by atoms with E-state index in [1.165, 1.54) is 0 Å². The van der Waals surface area contributed by atoms with Crippen LogP contribution >= 0.6 is 11.8 Å². The molecule has 1 atom stereocenters. The maximum Gasteiger partial charge on any atom is 0.251 e. The zero-order valence-electron chi connectivity index (χ0n) is 10.3. The Labute approximate surface area is 107 Å². The molecular formula is C13H19NO2S. The highest BCUT2D eigenvalue weighted by Gasteiger charge is 2.07. The van der Waals surface area contributed by atoms with Gasteiger partial charge in [0.1, 0.15) is 0 Å². The quantitative estimate of drug-likeness (QED) is 0.816. The van der Waals surface area contributed by atoms with Gasteiger partial charge in [-0.1, -0.05) is 19.1 Å². The van der Waals surface area contributed by atoms with Gasteiger partial charge in [-0.15, -0.1) is 0 Å². The lowest BCUT2D eigenvalue weighted by Gasteiger charge is -2.10. The van der Waals surface area contributed by atoms with Gasteiger partial charge in [0.15, 0.2) is 0 Å². The van der Waals surface area contributed by atoms with Crippen LogP contribution < -0.4 is 5.32 Å². The van der Waals surface area contributed by atoms with Crippen molar-refractivity contribution < 1.29 is 9.90 Å². The van der Waals surface area contributed by atoms with E-state index in [-0.39, 0.29) is 5.91 Å². The van der Waals surface area contributed by atoms with E-state index in [4.69, 9.17) is 0 Å². The minimum Gasteiger partial charge on any atom is -0.391 e. The fourth-order valence-corrected chi connectivity index (χ4v) is 1.94. The van der Waals surface area contributed by atoms with Gasteiger partial charge in [-0.25, -0.2) is 0 Å². The molecule has 1 amide bonds. The fraction of sp³-hybridized carbons (Fsp3) is 0.462. The molecule has 4 heteroatoms. The molecule has 0 saturated heterocycles. The van der Waals surface area contributed by atoms with E-state index in [0.29, 0.717) is 18.5 Å². The van der Waals surface area contributed by atoms with Gasteiger partial charge >= 0.3 is 0 Å². The molecular weight excluding hydrogens is 234 g/mol. The molecule has 1 unspecified atom stereocenters. The maximum absolute atomic E-state index is 11.8. The van der Waals surface area contributed by atoms with Crippen LogP contribution in [0.2, 0.25) is 0 Å². The Bertz CT molecular complexity index is 368. The van der Waals surface area contributed by atoms with Crippen molar-refractivity contribution in [1.29, 1.82) is 0 Å². The molecule has 0 saturated carbocycles. The molecule has 0 spiro atoms. The monoisotopic (exact) mass is 253 g/mol. The number of rotatable bonds is 6. The van der Waals surface area contributed by atoms with Crippen LogP contribution in [0.4, 0.5) is 0 Å². The molecule has 3 nitrogen and oxygen atoms in total. The van der Waals surface area contributed by atoms with Crippen LogP contribution in [-0.2, 0) is 5.75 Å². The Morgan fingerprint density at radius 1 is 1.53 bits per heavy atom. The minimum atomic E-state index is -0.465. The lowest BCUT2D eigenvalue weighted by atomic mass is 10.1. The number of hydrogen-bond donors (Lipinski definition) is 2. The van der Waals surface area contributed by atoms with Crippen molar-refractivity contribution in [3.05, 3.63) is 35.4 Å². The normalized spacial score (nSPS) is 12.2. The fourth-order valence-electron chi connectivity index (χ4n) is 1.43. The molecule has 0 aromatic heterocycles. The summed E-state index contributed by atoms with van der Waals surface area (Å²) in [7, 11) is 0. The molecule has 0 aliphatic heterocycles. The summed E-state index contributed by atoms with van der Waals surface area (Å²) >= 11 is 1.73. The zero-order chi connectivity index (χ0) is 12.7. The molecule has 0 radical (unpaired) electrons. The third-order valence-electron chi connectivity index (χ3n) is 2.47. The van der Waals surface area contributed by atoms with Gasteiger partial charge in [-0.2, -0.15) is 11.8 Å². The Hall–Kier alpha value is -1.00. The molecule has 1 aromatic rings. The Morgan fingerprint density at radius 3 is 2.94 bits per heavy atom. The number of amides is 1. The van der Waals surface area contributed by atoms with Gasteiger partial charge in [0.2, 0.25) is 0 Å². The first-order valence-electron chi connectivity index (χ1n) is 5.71. The van der Waals surface area contributed by atoms with Crippen LogP contribution in [0.15, 0.2) is 24.3 Å². The Balaban J connectivity index is 2.59. The topological polar surface area (TPSA) is 49.3 Å². The van der Waals surface area contributed by atoms with Crippen molar-refractivity contribution in [2.24, 2.45) is 0 Å². The van der Waals surface area contributed by atoms with E-state index in [2.05, 4.69) is 5.32 Å². The molecule has 94 valence electrons. The Kier molecular flexibility index (Phi) is 6.08. The van der Waals surface area contributed by atoms with Crippen LogP contribution in [0.5, 0.6) is 0 Å². The van der Waals surface area contributed by atoms with Gasteiger partial charge < -0.3 is 10.4 Å². The average molecular weight is 253 g/mol. The van der Waals surface area contributed by atoms with E-state index in [1.54, 1.807) is 17.8 Å². The number of thioether (sulfide) groups is 1. The number of aliphatic hydroxyl groups is 1. The number of benzene rings is 1. The molecule has 0 fully saturated rings. The highest BCUT2D eigenvalue weighted by atomic mass is 32.2. The summed E-state index contributed by atoms with van der Waals surface area (Å²) in [5.74, 6) is 0.777. The minimum absolute atomic E-state index is 0.125. The standard InChI is InChI=1S/C13H19NO2S/c1-3-12(15)8-14-13(16)11-6-4-5-10(7-11)9-17-2/h4-7,12,15H,3,8-9H2,1-2H3,(H,14,16). The van der Waals surface area contributed by atoms with E-state index < -0.39 is 6.10 Å². The molecule has 0 aliphatic rings. The third kappa shape index (κ3) is 4.79. The van der Waals surface area contributed by atoms with Gasteiger partial charge in [-0.05, 0) is 30.4 Å². The summed E-state index contributed by atoms with van der Waals surface area (Å²) in [6, 6.07) is 7.58. The maximum atomic E-state index is 11.8. The predicted octanol–water partition coefficient (Wildman–Crippen LogP) is 2.05. The predicted molar refractivity (Wildman–Crippen MR) is 72.3 cm³/mol. The number of aliphatic hydroxyl groups excluding tert-OH is 1. The van der Waals surface area contributed by atoms with Crippen molar-refractivity contribution in [3.63, 3.8) is 0 Å². The van der Waals surface area contributed by atoms with Crippen LogP contribution in [-0.4, -0.2) is 29.9 Å². The summed E-state index contributed by atoms with van der Waals surface area (Å²) in [5, 5.41) is 12.1. The van der Waals surface area contributed by atoms with Gasteiger partial charge in [0.05, 0.1) is 6.10 Å². The average Bonchev–Trinajstić information content (AvgIpc) is 2.36. The largest absolute Gasteiger partial charge is 0.391 e. The summed E-state index contributed by atoms with van der Waals surface area (Å²) in [5.41, 5.74) is 1.79. The second-order valence-corrected chi connectivity index (χ2v) is 4.77. The van der Waals surface area contributed by atoms with Gasteiger partial charge in [0, 0.05) is 17.9 Å². The smallest absolute Gasteiger partial charge is 0.251 e. The molecule has 0 bridgehead atoms. The molecule has 17 heavy (non-hydrogen) atoms. The van der Waals surface area contributed by atoms with Crippen LogP contribution in [0.3, 0.4) is 0 Å². The molecule has 2 N–H and O–H groups in total. The molecule has 0 heterocycles. The summed E-state index contributed by atoms with van der Waals surface area (Å²) < 4.78 is 0. The number of carbonyl (C=O) groups is 1. The summed E-state index contributed by atoms with van der Waals surface area (Å²) in [6.07, 6.45) is 2.21. The lowest BCUT2D eigenvalue weighted by molar-refractivity contribution is 0.0914. The molecule has 1 rings (SSSR count). The van der Waals surface area contributed by atoms with Crippen molar-refractivity contribution >= 4 is 17.7 Å². The van der Waals surface area contributed by atoms with Crippen molar-refractivity contribution in [3.8, 4) is 0 Å². The summed E-state index contributed by atoms with van der Waals surface area (Å²) in [6.45, 7) is 2.19. The number of carbonyl (C=O) groups excluding carboxylic acids is 1. The summed E-state index contributed by atoms with van der Waals surface area (Å²) in [4.78, 5) is 11.8. The molecule has 0 aliphatic carbocycles. The third-order valence-corrected chi connectivity index (χ3v) is 3.09. The first kappa shape index (κ1) is 14.1. The second-order valence-electron chi connectivity index (χ2n) is 3.91. The van der Waals surface area contributed by atoms with Crippen LogP contribution in [0, 0.1) is 0 Å². The number of nitrogens with one attached hydrogen (secondary N) is 1. The van der Waals surface area contributed by atoms with Gasteiger partial charge in [-0.3, -0.25) is 4.79 Å². The molecule has 1 aromatic carbocycles. The SMILES string of the molecule is CCC(O)CNC(=O)c1cccc(CSC)c1. The zero-order valence-corrected chi connectivity index (χ0v) is 11.1. The van der Waals surface area contributed by atoms with Gasteiger partial charge in [0.25, 0.3) is 5.91 Å². The van der Waals surface area contributed by atoms with E-state index >= 15 is 0 Å². The van der Waals surface area contributed by atoms with Crippen LogP contribution in [0.25, 0.3) is 0 Å². The lowest BCUT2D eigenvalue weighted by Crippen LogP contribution is -2.31. The highest BCUT2D eigenvalue weighted by molar-refractivity contribution is 7.97. The Morgan fingerprint density at radius 2 is 2.29 bits per heavy atom. The van der Waals surface area contributed by atoms with E-state index in [9.17, 15) is 9.90 Å². The van der Waals surface area contributed by atoms with Crippen molar-refractivity contribution in [2.75, 3.05) is 12.8 Å². The second kappa shape index (κ2) is 7.35. The van der Waals surface area contributed by atoms with E-state index in [1.807, 2.05) is 31.4 Å². The van der Waals surface area contributed by atoms with E-state index in [0.717, 1.165) is 11.3 Å².